The van der Waals surface area contributed by atoms with E-state index in [4.69, 9.17) is 21.7 Å². The lowest BCUT2D eigenvalue weighted by atomic mass is 10.3. The van der Waals surface area contributed by atoms with E-state index in [0.29, 0.717) is 11.8 Å². The van der Waals surface area contributed by atoms with Crippen molar-refractivity contribution in [1.82, 2.24) is 0 Å². The highest BCUT2D eigenvalue weighted by Crippen LogP contribution is 2.09. The Hall–Kier alpha value is -0.150. The fraction of sp³-hybridized carbons (Fsp3) is 0.800. The molecule has 0 saturated carbocycles. The molecule has 0 aromatic carbocycles. The molecule has 1 saturated heterocycles. The molecule has 1 atom stereocenters. The van der Waals surface area contributed by atoms with Gasteiger partial charge in [0.25, 0.3) is 0 Å². The molecule has 1 rings (SSSR count). The van der Waals surface area contributed by atoms with Crippen molar-refractivity contribution in [2.24, 2.45) is 0 Å². The van der Waals surface area contributed by atoms with Crippen LogP contribution in [0.4, 0.5) is 0 Å². The first-order valence-corrected chi connectivity index (χ1v) is 3.03. The van der Waals surface area contributed by atoms with Crippen LogP contribution in [-0.2, 0) is 9.47 Å². The van der Waals surface area contributed by atoms with Crippen LogP contribution in [0.25, 0.3) is 0 Å². The summed E-state index contributed by atoms with van der Waals surface area (Å²) >= 11 is 4.79. The third-order valence-electron chi connectivity index (χ3n) is 1.10. The van der Waals surface area contributed by atoms with E-state index in [1.807, 2.05) is 6.92 Å². The molecule has 1 aliphatic rings. The molecule has 1 unspecified atom stereocenters. The van der Waals surface area contributed by atoms with Crippen LogP contribution < -0.4 is 0 Å². The van der Waals surface area contributed by atoms with Crippen LogP contribution in [0.2, 0.25) is 0 Å². The Morgan fingerprint density at radius 3 is 2.88 bits per heavy atom. The van der Waals surface area contributed by atoms with Gasteiger partial charge in [-0.15, -0.1) is 0 Å². The molecular formula is C5H8O2S. The number of hydrogen-bond acceptors (Lipinski definition) is 3. The lowest BCUT2D eigenvalue weighted by molar-refractivity contribution is 0.0506. The monoisotopic (exact) mass is 132 g/mol. The first-order valence-electron chi connectivity index (χ1n) is 2.63. The highest BCUT2D eigenvalue weighted by Gasteiger charge is 2.20. The summed E-state index contributed by atoms with van der Waals surface area (Å²) in [6.07, 6.45) is 0.990. The van der Waals surface area contributed by atoms with Gasteiger partial charge < -0.3 is 9.47 Å². The molecule has 2 nitrogen and oxygen atoms in total. The standard InChI is InChI=1S/C5H8O2S/c1-2-4-5(8)7-3-6-4/h4H,2-3H2,1H3. The van der Waals surface area contributed by atoms with Crippen molar-refractivity contribution in [1.29, 1.82) is 0 Å². The Balaban J connectivity index is 2.42. The highest BCUT2D eigenvalue weighted by molar-refractivity contribution is 7.80. The van der Waals surface area contributed by atoms with Gasteiger partial charge in [-0.1, -0.05) is 6.92 Å². The molecule has 0 N–H and O–H groups in total. The van der Waals surface area contributed by atoms with Crippen molar-refractivity contribution in [3.05, 3.63) is 0 Å². The summed E-state index contributed by atoms with van der Waals surface area (Å²) in [7, 11) is 0. The largest absolute Gasteiger partial charge is 0.458 e. The molecule has 1 fully saturated rings. The number of hydrogen-bond donors (Lipinski definition) is 0. The quantitative estimate of drug-likeness (QED) is 0.498. The van der Waals surface area contributed by atoms with E-state index in [-0.39, 0.29) is 6.10 Å². The van der Waals surface area contributed by atoms with Gasteiger partial charge in [-0.25, -0.2) is 0 Å². The molecule has 0 spiro atoms. The lowest BCUT2D eigenvalue weighted by Crippen LogP contribution is -2.11. The van der Waals surface area contributed by atoms with Crippen molar-refractivity contribution in [2.75, 3.05) is 6.79 Å². The fourth-order valence-electron chi connectivity index (χ4n) is 0.620. The van der Waals surface area contributed by atoms with Crippen molar-refractivity contribution in [2.45, 2.75) is 19.4 Å². The minimum absolute atomic E-state index is 0.0741. The fourth-order valence-corrected chi connectivity index (χ4v) is 0.903. The predicted molar refractivity (Wildman–Crippen MR) is 33.7 cm³/mol. The maximum absolute atomic E-state index is 5.05. The number of rotatable bonds is 1. The maximum Gasteiger partial charge on any atom is 0.191 e. The molecule has 1 aliphatic heterocycles. The van der Waals surface area contributed by atoms with Gasteiger partial charge in [-0.3, -0.25) is 0 Å². The number of ether oxygens (including phenoxy) is 2. The van der Waals surface area contributed by atoms with Crippen LogP contribution in [0, 0.1) is 0 Å². The molecule has 0 amide bonds. The molecule has 0 aromatic heterocycles. The second-order valence-electron chi connectivity index (χ2n) is 1.64. The molecule has 8 heavy (non-hydrogen) atoms. The highest BCUT2D eigenvalue weighted by atomic mass is 32.1. The van der Waals surface area contributed by atoms with Crippen LogP contribution in [0.5, 0.6) is 0 Å². The molecule has 3 heteroatoms. The van der Waals surface area contributed by atoms with Crippen molar-refractivity contribution >= 4 is 17.3 Å². The van der Waals surface area contributed by atoms with E-state index in [0.717, 1.165) is 6.42 Å². The third-order valence-corrected chi connectivity index (χ3v) is 1.48. The molecule has 0 radical (unpaired) electrons. The van der Waals surface area contributed by atoms with Crippen LogP contribution in [-0.4, -0.2) is 17.9 Å². The Morgan fingerprint density at radius 2 is 2.62 bits per heavy atom. The zero-order chi connectivity index (χ0) is 5.98. The summed E-state index contributed by atoms with van der Waals surface area (Å²) in [6.45, 7) is 2.36. The normalized spacial score (nSPS) is 28.1. The van der Waals surface area contributed by atoms with E-state index >= 15 is 0 Å². The second kappa shape index (κ2) is 2.42. The van der Waals surface area contributed by atoms with Crippen molar-refractivity contribution in [3.63, 3.8) is 0 Å². The van der Waals surface area contributed by atoms with Gasteiger partial charge in [0.1, 0.15) is 6.10 Å². The van der Waals surface area contributed by atoms with Crippen LogP contribution in [0.3, 0.4) is 0 Å². The van der Waals surface area contributed by atoms with E-state index in [1.165, 1.54) is 0 Å². The summed E-state index contributed by atoms with van der Waals surface area (Å²) in [6, 6.07) is 0. The maximum atomic E-state index is 5.05. The van der Waals surface area contributed by atoms with E-state index < -0.39 is 0 Å². The van der Waals surface area contributed by atoms with E-state index in [1.54, 1.807) is 0 Å². The Morgan fingerprint density at radius 1 is 1.88 bits per heavy atom. The summed E-state index contributed by atoms with van der Waals surface area (Å²) in [5.74, 6) is 0. The average molecular weight is 132 g/mol. The van der Waals surface area contributed by atoms with Crippen molar-refractivity contribution in [3.8, 4) is 0 Å². The van der Waals surface area contributed by atoms with Crippen LogP contribution in [0.1, 0.15) is 13.3 Å². The molecular weight excluding hydrogens is 124 g/mol. The third kappa shape index (κ3) is 0.980. The van der Waals surface area contributed by atoms with Crippen LogP contribution >= 0.6 is 12.2 Å². The Bertz CT molecular complexity index is 103. The van der Waals surface area contributed by atoms with Crippen LogP contribution in [0.15, 0.2) is 0 Å². The van der Waals surface area contributed by atoms with Gasteiger partial charge in [-0.05, 0) is 18.6 Å². The SMILES string of the molecule is CCC1OCOC1=S. The Kier molecular flexibility index (Phi) is 1.81. The summed E-state index contributed by atoms with van der Waals surface area (Å²) in [5.41, 5.74) is 0. The molecule has 0 aromatic rings. The zero-order valence-electron chi connectivity index (χ0n) is 4.72. The predicted octanol–water partition coefficient (Wildman–Crippen LogP) is 1.10. The van der Waals surface area contributed by atoms with E-state index in [2.05, 4.69) is 0 Å². The average Bonchev–Trinajstić information content (AvgIpc) is 2.14. The molecule has 1 heterocycles. The second-order valence-corrected chi connectivity index (χ2v) is 2.05. The van der Waals surface area contributed by atoms with Gasteiger partial charge in [0, 0.05) is 0 Å². The minimum Gasteiger partial charge on any atom is -0.458 e. The lowest BCUT2D eigenvalue weighted by Gasteiger charge is -1.98. The summed E-state index contributed by atoms with van der Waals surface area (Å²) < 4.78 is 9.92. The van der Waals surface area contributed by atoms with Gasteiger partial charge in [0.05, 0.1) is 0 Å². The zero-order valence-corrected chi connectivity index (χ0v) is 5.53. The first kappa shape index (κ1) is 5.98. The first-order chi connectivity index (χ1) is 3.84. The van der Waals surface area contributed by atoms with E-state index in [9.17, 15) is 0 Å². The Labute approximate surface area is 53.8 Å². The summed E-state index contributed by atoms with van der Waals surface area (Å²) in [4.78, 5) is 0. The summed E-state index contributed by atoms with van der Waals surface area (Å²) in [5, 5.41) is 0.604. The van der Waals surface area contributed by atoms with Gasteiger partial charge >= 0.3 is 0 Å². The van der Waals surface area contributed by atoms with Gasteiger partial charge in [0.2, 0.25) is 0 Å². The topological polar surface area (TPSA) is 18.5 Å². The van der Waals surface area contributed by atoms with Crippen molar-refractivity contribution < 1.29 is 9.47 Å². The molecule has 0 aliphatic carbocycles. The molecule has 0 bridgehead atoms. The minimum atomic E-state index is 0.0741. The van der Waals surface area contributed by atoms with Gasteiger partial charge in [-0.2, -0.15) is 0 Å². The number of thiocarbonyl (C=S) groups is 1. The molecule has 46 valence electrons. The van der Waals surface area contributed by atoms with Gasteiger partial charge in [0.15, 0.2) is 11.8 Å². The smallest absolute Gasteiger partial charge is 0.191 e.